The summed E-state index contributed by atoms with van der Waals surface area (Å²) in [5.41, 5.74) is 1.49. The summed E-state index contributed by atoms with van der Waals surface area (Å²) < 4.78 is 12.6. The third kappa shape index (κ3) is 8.96. The molecule has 0 aliphatic heterocycles. The molecule has 1 aromatic carbocycles. The van der Waals surface area contributed by atoms with E-state index in [0.717, 1.165) is 10.3 Å². The first-order chi connectivity index (χ1) is 13.4. The van der Waals surface area contributed by atoms with Gasteiger partial charge in [0.05, 0.1) is 18.3 Å². The first-order valence-corrected chi connectivity index (χ1v) is 13.2. The Balaban J connectivity index is 2.39. The van der Waals surface area contributed by atoms with E-state index in [1.165, 1.54) is 0 Å². The van der Waals surface area contributed by atoms with Gasteiger partial charge in [0.1, 0.15) is 0 Å². The average molecular weight is 420 g/mol. The third-order valence-corrected chi connectivity index (χ3v) is 9.81. The van der Waals surface area contributed by atoms with Gasteiger partial charge in [-0.25, -0.2) is 9.53 Å². The minimum atomic E-state index is -1.92. The minimum Gasteiger partial charge on any atom is -0.624 e. The lowest BCUT2D eigenvalue weighted by Crippen LogP contribution is -2.44. The highest BCUT2D eigenvalue weighted by Crippen LogP contribution is 2.38. The van der Waals surface area contributed by atoms with Crippen LogP contribution in [0.5, 0.6) is 0 Å². The second-order valence-corrected chi connectivity index (χ2v) is 13.7. The van der Waals surface area contributed by atoms with Crippen molar-refractivity contribution in [2.45, 2.75) is 71.2 Å². The van der Waals surface area contributed by atoms with Crippen LogP contribution in [0, 0.1) is 5.21 Å². The first kappa shape index (κ1) is 25.1. The standard InChI is InChI=1S/C23H37NO4Si/c1-19(2)21(28-29(6,7)23(3,4)5)15-17-24(26)16-11-12-18-27-22(25)20-13-9-8-10-14-20/h8-10,13-14,16,21H,1,11-12,15,17-18H2,2-7H3/b24-16-. The van der Waals surface area contributed by atoms with Crippen molar-refractivity contribution in [3.05, 3.63) is 53.3 Å². The van der Waals surface area contributed by atoms with Gasteiger partial charge in [-0.15, -0.1) is 0 Å². The molecule has 0 aliphatic rings. The van der Waals surface area contributed by atoms with Crippen molar-refractivity contribution >= 4 is 20.5 Å². The Morgan fingerprint density at radius 3 is 2.45 bits per heavy atom. The highest BCUT2D eigenvalue weighted by molar-refractivity contribution is 6.74. The molecule has 6 heteroatoms. The molecule has 0 aromatic heterocycles. The maximum atomic E-state index is 12.1. The van der Waals surface area contributed by atoms with Crippen molar-refractivity contribution in [1.29, 1.82) is 0 Å². The maximum absolute atomic E-state index is 12.1. The molecule has 0 heterocycles. The Morgan fingerprint density at radius 2 is 1.90 bits per heavy atom. The molecule has 0 saturated heterocycles. The van der Waals surface area contributed by atoms with Gasteiger partial charge in [0.2, 0.25) is 0 Å². The largest absolute Gasteiger partial charge is 0.624 e. The lowest BCUT2D eigenvalue weighted by atomic mass is 10.1. The number of benzene rings is 1. The van der Waals surface area contributed by atoms with E-state index in [1.54, 1.807) is 30.5 Å². The topological polar surface area (TPSA) is 61.6 Å². The molecule has 5 nitrogen and oxygen atoms in total. The van der Waals surface area contributed by atoms with Crippen molar-refractivity contribution in [2.75, 3.05) is 13.2 Å². The molecule has 29 heavy (non-hydrogen) atoms. The normalized spacial score (nSPS) is 13.8. The predicted molar refractivity (Wildman–Crippen MR) is 122 cm³/mol. The molecule has 1 aromatic rings. The number of carbonyl (C=O) groups excluding carboxylic acids is 1. The Hall–Kier alpha value is -1.92. The predicted octanol–water partition coefficient (Wildman–Crippen LogP) is 5.56. The fourth-order valence-corrected chi connectivity index (χ4v) is 3.80. The van der Waals surface area contributed by atoms with Crippen LogP contribution in [0.4, 0.5) is 0 Å². The van der Waals surface area contributed by atoms with Gasteiger partial charge >= 0.3 is 5.97 Å². The number of esters is 1. The first-order valence-electron chi connectivity index (χ1n) is 10.3. The van der Waals surface area contributed by atoms with E-state index in [-0.39, 0.29) is 17.1 Å². The Morgan fingerprint density at radius 1 is 1.28 bits per heavy atom. The molecule has 0 radical (unpaired) electrons. The van der Waals surface area contributed by atoms with E-state index in [0.29, 0.717) is 38.0 Å². The maximum Gasteiger partial charge on any atom is 0.338 e. The van der Waals surface area contributed by atoms with Gasteiger partial charge in [0, 0.05) is 12.8 Å². The number of rotatable bonds is 11. The van der Waals surface area contributed by atoms with E-state index in [4.69, 9.17) is 9.16 Å². The summed E-state index contributed by atoms with van der Waals surface area (Å²) in [5, 5.41) is 12.2. The van der Waals surface area contributed by atoms with Gasteiger partial charge < -0.3 is 14.4 Å². The summed E-state index contributed by atoms with van der Waals surface area (Å²) in [6.07, 6.45) is 3.30. The van der Waals surface area contributed by atoms with E-state index >= 15 is 0 Å². The van der Waals surface area contributed by atoms with Crippen LogP contribution in [-0.2, 0) is 9.16 Å². The van der Waals surface area contributed by atoms with Crippen molar-refractivity contribution in [3.8, 4) is 0 Å². The summed E-state index contributed by atoms with van der Waals surface area (Å²) >= 11 is 0. The monoisotopic (exact) mass is 419 g/mol. The quantitative estimate of drug-likeness (QED) is 0.0688. The van der Waals surface area contributed by atoms with Gasteiger partial charge in [0.25, 0.3) is 0 Å². The number of hydroxylamine groups is 1. The molecule has 0 bridgehead atoms. The summed E-state index contributed by atoms with van der Waals surface area (Å²) in [7, 11) is -1.92. The highest BCUT2D eigenvalue weighted by atomic mass is 28.4. The van der Waals surface area contributed by atoms with Gasteiger partial charge in [0.15, 0.2) is 21.1 Å². The lowest BCUT2D eigenvalue weighted by Gasteiger charge is -2.39. The summed E-state index contributed by atoms with van der Waals surface area (Å²) in [4.78, 5) is 11.8. The third-order valence-electron chi connectivity index (χ3n) is 5.33. The average Bonchev–Trinajstić information content (AvgIpc) is 2.64. The zero-order chi connectivity index (χ0) is 22.1. The smallest absolute Gasteiger partial charge is 0.338 e. The van der Waals surface area contributed by atoms with Gasteiger partial charge in [-0.05, 0) is 43.6 Å². The Bertz CT molecular complexity index is 693. The lowest BCUT2D eigenvalue weighted by molar-refractivity contribution is -0.455. The number of unbranched alkanes of at least 4 members (excludes halogenated alkanes) is 1. The number of ether oxygens (including phenoxy) is 1. The minimum absolute atomic E-state index is 0.104. The van der Waals surface area contributed by atoms with Crippen LogP contribution >= 0.6 is 0 Å². The van der Waals surface area contributed by atoms with Crippen molar-refractivity contribution < 1.29 is 18.7 Å². The molecule has 1 unspecified atom stereocenters. The molecule has 0 aliphatic carbocycles. The van der Waals surface area contributed by atoms with E-state index in [2.05, 4.69) is 40.4 Å². The molecular formula is C23H37NO4Si. The van der Waals surface area contributed by atoms with Crippen LogP contribution in [0.1, 0.15) is 57.3 Å². The van der Waals surface area contributed by atoms with Gasteiger partial charge in [-0.3, -0.25) is 0 Å². The van der Waals surface area contributed by atoms with Crippen molar-refractivity contribution in [2.24, 2.45) is 0 Å². The molecule has 0 fully saturated rings. The van der Waals surface area contributed by atoms with Crippen LogP contribution in [0.25, 0.3) is 0 Å². The van der Waals surface area contributed by atoms with Crippen LogP contribution in [0.3, 0.4) is 0 Å². The molecule has 1 atom stereocenters. The molecule has 0 saturated carbocycles. The molecule has 1 rings (SSSR count). The fraction of sp³-hybridized carbons (Fsp3) is 0.565. The number of hydrogen-bond donors (Lipinski definition) is 0. The molecule has 0 amide bonds. The van der Waals surface area contributed by atoms with Crippen LogP contribution in [-0.4, -0.2) is 44.5 Å². The van der Waals surface area contributed by atoms with Crippen LogP contribution < -0.4 is 0 Å². The van der Waals surface area contributed by atoms with E-state index in [1.807, 2.05) is 13.0 Å². The SMILES string of the molecule is C=C(C)C(CC/[N+]([O-])=C/CCCOC(=O)c1ccccc1)O[Si](C)(C)C(C)(C)C. The Labute approximate surface area is 177 Å². The molecule has 162 valence electrons. The van der Waals surface area contributed by atoms with Crippen molar-refractivity contribution in [3.63, 3.8) is 0 Å². The van der Waals surface area contributed by atoms with Crippen LogP contribution in [0.15, 0.2) is 42.5 Å². The number of nitrogens with zero attached hydrogens (tertiary/aromatic N) is 1. The Kier molecular flexibility index (Phi) is 9.79. The zero-order valence-corrected chi connectivity index (χ0v) is 19.9. The fourth-order valence-electron chi connectivity index (χ4n) is 2.42. The number of hydrogen-bond acceptors (Lipinski definition) is 4. The second-order valence-electron chi connectivity index (χ2n) is 8.97. The van der Waals surface area contributed by atoms with Gasteiger partial charge in [-0.2, -0.15) is 0 Å². The zero-order valence-electron chi connectivity index (χ0n) is 18.9. The van der Waals surface area contributed by atoms with Crippen molar-refractivity contribution in [1.82, 2.24) is 0 Å². The second kappa shape index (κ2) is 11.3. The van der Waals surface area contributed by atoms with Crippen LogP contribution in [0.2, 0.25) is 18.1 Å². The summed E-state index contributed by atoms with van der Waals surface area (Å²) in [6.45, 7) is 17.7. The molecular weight excluding hydrogens is 382 g/mol. The number of carbonyl (C=O) groups is 1. The molecule has 0 spiro atoms. The summed E-state index contributed by atoms with van der Waals surface area (Å²) in [6, 6.07) is 8.89. The van der Waals surface area contributed by atoms with E-state index < -0.39 is 8.32 Å². The summed E-state index contributed by atoms with van der Waals surface area (Å²) in [5.74, 6) is -0.336. The highest BCUT2D eigenvalue weighted by Gasteiger charge is 2.39. The van der Waals surface area contributed by atoms with E-state index in [9.17, 15) is 10.0 Å². The van der Waals surface area contributed by atoms with Gasteiger partial charge in [-0.1, -0.05) is 51.1 Å². The molecule has 0 N–H and O–H groups in total.